The zero-order chi connectivity index (χ0) is 22.9. The summed E-state index contributed by atoms with van der Waals surface area (Å²) in [5, 5.41) is 11.9. The summed E-state index contributed by atoms with van der Waals surface area (Å²) in [6.45, 7) is 9.61. The van der Waals surface area contributed by atoms with Crippen LogP contribution in [-0.2, 0) is 0 Å². The third kappa shape index (κ3) is 4.37. The fourth-order valence-electron chi connectivity index (χ4n) is 5.18. The molecule has 1 amide bonds. The second kappa shape index (κ2) is 8.98. The smallest absolute Gasteiger partial charge is 0.278 e. The molecule has 3 heterocycles. The first kappa shape index (κ1) is 21.6. The van der Waals surface area contributed by atoms with Crippen molar-refractivity contribution in [3.05, 3.63) is 65.5 Å². The number of amides is 1. The van der Waals surface area contributed by atoms with E-state index in [0.717, 1.165) is 30.0 Å². The number of carbonyl (C=O) groups is 1. The van der Waals surface area contributed by atoms with Crippen molar-refractivity contribution in [2.24, 2.45) is 0 Å². The Balaban J connectivity index is 1.27. The average molecular weight is 445 g/mol. The van der Waals surface area contributed by atoms with Gasteiger partial charge in [-0.15, -0.1) is 5.10 Å². The van der Waals surface area contributed by atoms with Crippen molar-refractivity contribution in [1.82, 2.24) is 19.9 Å². The van der Waals surface area contributed by atoms with E-state index in [0.29, 0.717) is 23.5 Å². The number of aromatic nitrogens is 3. The number of hydrogen-bond acceptors (Lipinski definition) is 5. The van der Waals surface area contributed by atoms with Gasteiger partial charge >= 0.3 is 0 Å². The molecule has 1 aromatic heterocycles. The van der Waals surface area contributed by atoms with Crippen LogP contribution in [0.25, 0.3) is 5.69 Å². The van der Waals surface area contributed by atoms with Crippen molar-refractivity contribution < 1.29 is 4.79 Å². The number of nitrogens with one attached hydrogen (secondary N) is 1. The molecule has 2 aliphatic heterocycles. The van der Waals surface area contributed by atoms with E-state index in [2.05, 4.69) is 44.4 Å². The molecule has 2 aromatic carbocycles. The van der Waals surface area contributed by atoms with Gasteiger partial charge in [-0.1, -0.05) is 18.2 Å². The minimum absolute atomic E-state index is 0.241. The van der Waals surface area contributed by atoms with E-state index in [1.54, 1.807) is 0 Å². The maximum atomic E-state index is 13.0. The number of aryl methyl sites for hydroxylation is 2. The summed E-state index contributed by atoms with van der Waals surface area (Å²) < 4.78 is 0. The summed E-state index contributed by atoms with van der Waals surface area (Å²) in [6.07, 6.45) is 3.87. The molecule has 2 saturated heterocycles. The summed E-state index contributed by atoms with van der Waals surface area (Å²) in [6, 6.07) is 17.3. The fourth-order valence-corrected chi connectivity index (χ4v) is 5.18. The lowest BCUT2D eigenvalue weighted by Crippen LogP contribution is -2.39. The lowest BCUT2D eigenvalue weighted by Gasteiger charge is -2.28. The molecule has 33 heavy (non-hydrogen) atoms. The monoisotopic (exact) mass is 444 g/mol. The number of carbonyl (C=O) groups excluding carboxylic acids is 1. The van der Waals surface area contributed by atoms with Gasteiger partial charge in [-0.05, 0) is 82.5 Å². The highest BCUT2D eigenvalue weighted by atomic mass is 16.2. The molecular weight excluding hydrogens is 412 g/mol. The summed E-state index contributed by atoms with van der Waals surface area (Å²) in [5.41, 5.74) is 4.85. The molecule has 3 aromatic rings. The summed E-state index contributed by atoms with van der Waals surface area (Å²) >= 11 is 0. The van der Waals surface area contributed by atoms with Crippen LogP contribution in [0, 0.1) is 13.8 Å². The van der Waals surface area contributed by atoms with Gasteiger partial charge in [0.2, 0.25) is 0 Å². The van der Waals surface area contributed by atoms with Gasteiger partial charge in [0.1, 0.15) is 0 Å². The zero-order valence-corrected chi connectivity index (χ0v) is 19.7. The average Bonchev–Trinajstić information content (AvgIpc) is 3.55. The van der Waals surface area contributed by atoms with Crippen LogP contribution in [0.1, 0.15) is 47.9 Å². The molecular formula is C26H32N6O. The minimum Gasteiger partial charge on any atom is -0.370 e. The Morgan fingerprint density at radius 2 is 1.82 bits per heavy atom. The van der Waals surface area contributed by atoms with Gasteiger partial charge in [0.25, 0.3) is 5.91 Å². The molecule has 2 aliphatic rings. The standard InChI is InChI=1S/C26H32N6O/c1-18-16-22(30-15-13-23(17-30)31-14-7-8-19(31)2)11-12-24(18)27-26(33)25-20(3)28-32(29-25)21-9-5-4-6-10-21/h4-6,9-12,16,19,23H,7-8,13-15,17H2,1-3H3,(H,27,33). The van der Waals surface area contributed by atoms with Crippen LogP contribution in [0.5, 0.6) is 0 Å². The van der Waals surface area contributed by atoms with Gasteiger partial charge in [0, 0.05) is 36.5 Å². The number of para-hydroxylation sites is 1. The van der Waals surface area contributed by atoms with Gasteiger partial charge < -0.3 is 10.2 Å². The molecule has 1 N–H and O–H groups in total. The van der Waals surface area contributed by atoms with Crippen LogP contribution in [-0.4, -0.2) is 57.5 Å². The van der Waals surface area contributed by atoms with Crippen LogP contribution >= 0.6 is 0 Å². The number of likely N-dealkylation sites (tertiary alicyclic amines) is 1. The Morgan fingerprint density at radius 3 is 2.55 bits per heavy atom. The van der Waals surface area contributed by atoms with Crippen molar-refractivity contribution in [3.8, 4) is 5.69 Å². The quantitative estimate of drug-likeness (QED) is 0.639. The van der Waals surface area contributed by atoms with E-state index in [1.807, 2.05) is 50.2 Å². The van der Waals surface area contributed by atoms with Crippen molar-refractivity contribution in [2.45, 2.75) is 52.1 Å². The molecule has 0 bridgehead atoms. The van der Waals surface area contributed by atoms with Crippen LogP contribution < -0.4 is 10.2 Å². The van der Waals surface area contributed by atoms with Crippen LogP contribution in [0.15, 0.2) is 48.5 Å². The lowest BCUT2D eigenvalue weighted by atomic mass is 10.1. The second-order valence-corrected chi connectivity index (χ2v) is 9.33. The first-order valence-electron chi connectivity index (χ1n) is 11.9. The largest absolute Gasteiger partial charge is 0.370 e. The molecule has 0 spiro atoms. The normalized spacial score (nSPS) is 21.0. The number of hydrogen-bond donors (Lipinski definition) is 1. The topological polar surface area (TPSA) is 66.3 Å². The van der Waals surface area contributed by atoms with Gasteiger partial charge in [-0.3, -0.25) is 9.69 Å². The number of rotatable bonds is 5. The molecule has 5 rings (SSSR count). The second-order valence-electron chi connectivity index (χ2n) is 9.33. The van der Waals surface area contributed by atoms with E-state index < -0.39 is 0 Å². The predicted octanol–water partition coefficient (Wildman–Crippen LogP) is 4.20. The Morgan fingerprint density at radius 1 is 1.00 bits per heavy atom. The predicted molar refractivity (Wildman–Crippen MR) is 131 cm³/mol. The van der Waals surface area contributed by atoms with Gasteiger partial charge in [0.15, 0.2) is 5.69 Å². The van der Waals surface area contributed by atoms with E-state index >= 15 is 0 Å². The number of benzene rings is 2. The molecule has 0 aliphatic carbocycles. The fraction of sp³-hybridized carbons (Fsp3) is 0.423. The molecule has 0 saturated carbocycles. The summed E-state index contributed by atoms with van der Waals surface area (Å²) in [7, 11) is 0. The van der Waals surface area contributed by atoms with Crippen molar-refractivity contribution in [2.75, 3.05) is 29.9 Å². The first-order chi connectivity index (χ1) is 16.0. The summed E-state index contributed by atoms with van der Waals surface area (Å²) in [5.74, 6) is -0.241. The molecule has 2 fully saturated rings. The van der Waals surface area contributed by atoms with Crippen LogP contribution in [0.2, 0.25) is 0 Å². The molecule has 172 valence electrons. The molecule has 7 heteroatoms. The number of nitrogens with zero attached hydrogens (tertiary/aromatic N) is 5. The first-order valence-corrected chi connectivity index (χ1v) is 11.9. The Kier molecular flexibility index (Phi) is 5.89. The molecule has 7 nitrogen and oxygen atoms in total. The van der Waals surface area contributed by atoms with Crippen molar-refractivity contribution >= 4 is 17.3 Å². The van der Waals surface area contributed by atoms with Gasteiger partial charge in [-0.25, -0.2) is 0 Å². The minimum atomic E-state index is -0.241. The maximum Gasteiger partial charge on any atom is 0.278 e. The number of anilines is 2. The van der Waals surface area contributed by atoms with E-state index in [9.17, 15) is 4.79 Å². The lowest BCUT2D eigenvalue weighted by molar-refractivity contribution is 0.102. The molecule has 2 atom stereocenters. The van der Waals surface area contributed by atoms with Crippen molar-refractivity contribution in [3.63, 3.8) is 0 Å². The highest BCUT2D eigenvalue weighted by Crippen LogP contribution is 2.30. The molecule has 0 radical (unpaired) electrons. The van der Waals surface area contributed by atoms with Gasteiger partial charge in [-0.2, -0.15) is 9.90 Å². The maximum absolute atomic E-state index is 13.0. The SMILES string of the molecule is Cc1cc(N2CCC(N3CCCC3C)C2)ccc1NC(=O)c1nn(-c2ccccc2)nc1C. The Bertz CT molecular complexity index is 1140. The van der Waals surface area contributed by atoms with E-state index in [4.69, 9.17) is 0 Å². The molecule has 2 unspecified atom stereocenters. The zero-order valence-electron chi connectivity index (χ0n) is 19.7. The third-order valence-electron chi connectivity index (χ3n) is 7.04. The van der Waals surface area contributed by atoms with E-state index in [1.165, 1.54) is 36.3 Å². The van der Waals surface area contributed by atoms with Crippen molar-refractivity contribution in [1.29, 1.82) is 0 Å². The highest BCUT2D eigenvalue weighted by Gasteiger charge is 2.33. The Hall–Kier alpha value is -3.19. The van der Waals surface area contributed by atoms with Crippen LogP contribution in [0.3, 0.4) is 0 Å². The highest BCUT2D eigenvalue weighted by molar-refractivity contribution is 6.04. The summed E-state index contributed by atoms with van der Waals surface area (Å²) in [4.78, 5) is 19.6. The Labute approximate surface area is 195 Å². The van der Waals surface area contributed by atoms with Crippen LogP contribution in [0.4, 0.5) is 11.4 Å². The third-order valence-corrected chi connectivity index (χ3v) is 7.04. The van der Waals surface area contributed by atoms with Gasteiger partial charge in [0.05, 0.1) is 11.4 Å². The van der Waals surface area contributed by atoms with E-state index in [-0.39, 0.29) is 5.91 Å².